The first-order valence-electron chi connectivity index (χ1n) is 9.22. The van der Waals surface area contributed by atoms with E-state index in [1.54, 1.807) is 18.2 Å². The van der Waals surface area contributed by atoms with Gasteiger partial charge in [0.2, 0.25) is 0 Å². The molecular formula is C20H20N2O6S. The van der Waals surface area contributed by atoms with E-state index in [4.69, 9.17) is 8.37 Å². The van der Waals surface area contributed by atoms with E-state index in [0.29, 0.717) is 29.5 Å². The maximum atomic E-state index is 12.3. The molecule has 9 heteroatoms. The van der Waals surface area contributed by atoms with E-state index >= 15 is 0 Å². The second-order valence-corrected chi connectivity index (χ2v) is 9.36. The molecular weight excluding hydrogens is 396 g/mol. The highest BCUT2D eigenvalue weighted by Gasteiger charge is 2.47. The van der Waals surface area contributed by atoms with Crippen molar-refractivity contribution >= 4 is 34.3 Å². The fraction of sp³-hybridized carbons (Fsp3) is 0.300. The van der Waals surface area contributed by atoms with Crippen LogP contribution in [-0.4, -0.2) is 40.9 Å². The molecule has 29 heavy (non-hydrogen) atoms. The van der Waals surface area contributed by atoms with Gasteiger partial charge >= 0.3 is 11.9 Å². The molecule has 1 aromatic rings. The van der Waals surface area contributed by atoms with Gasteiger partial charge in [0.05, 0.1) is 9.83 Å². The molecule has 0 saturated carbocycles. The van der Waals surface area contributed by atoms with Gasteiger partial charge in [0, 0.05) is 42.9 Å². The number of fused-ring (bicyclic) bond motifs is 2. The van der Waals surface area contributed by atoms with Crippen molar-refractivity contribution in [2.75, 3.05) is 13.1 Å². The van der Waals surface area contributed by atoms with E-state index in [1.165, 1.54) is 6.07 Å². The summed E-state index contributed by atoms with van der Waals surface area (Å²) >= 11 is 0. The molecule has 0 N–H and O–H groups in total. The number of carbonyl (C=O) groups excluding carboxylic acids is 2. The van der Waals surface area contributed by atoms with Crippen LogP contribution in [-0.2, 0) is 18.0 Å². The van der Waals surface area contributed by atoms with Gasteiger partial charge in [0.25, 0.3) is 5.69 Å². The SMILES string of the molecule is CC(C)N1CC=C(C2=Cc3cccc([N+](=O)[O-])c3S23OC(=O)C=CC(=O)O3)CC1. The summed E-state index contributed by atoms with van der Waals surface area (Å²) in [4.78, 5) is 38.8. The number of rotatable bonds is 3. The lowest BCUT2D eigenvalue weighted by Gasteiger charge is -2.40. The minimum absolute atomic E-state index is 0.151. The first-order valence-corrected chi connectivity index (χ1v) is 10.7. The average molecular weight is 416 g/mol. The van der Waals surface area contributed by atoms with Crippen LogP contribution in [0.4, 0.5) is 5.69 Å². The molecule has 0 aromatic heterocycles. The zero-order chi connectivity index (χ0) is 20.8. The largest absolute Gasteiger partial charge is 0.354 e. The van der Waals surface area contributed by atoms with Gasteiger partial charge in [-0.2, -0.15) is 0 Å². The number of benzene rings is 1. The Hall–Kier alpha value is -2.91. The second kappa shape index (κ2) is 7.16. The minimum atomic E-state index is -3.14. The van der Waals surface area contributed by atoms with E-state index in [2.05, 4.69) is 18.7 Å². The van der Waals surface area contributed by atoms with Gasteiger partial charge < -0.3 is 8.37 Å². The molecule has 0 unspecified atom stereocenters. The normalized spacial score (nSPS) is 21.8. The van der Waals surface area contributed by atoms with Crippen LogP contribution in [0.3, 0.4) is 0 Å². The maximum absolute atomic E-state index is 12.3. The van der Waals surface area contributed by atoms with Crippen LogP contribution in [0.2, 0.25) is 0 Å². The van der Waals surface area contributed by atoms with Crippen molar-refractivity contribution in [2.45, 2.75) is 31.2 Å². The molecule has 3 aliphatic rings. The maximum Gasteiger partial charge on any atom is 0.354 e. The monoisotopic (exact) mass is 416 g/mol. The van der Waals surface area contributed by atoms with Crippen LogP contribution in [0.25, 0.3) is 6.08 Å². The van der Waals surface area contributed by atoms with Gasteiger partial charge in [-0.15, -0.1) is 0 Å². The Morgan fingerprint density at radius 2 is 1.86 bits per heavy atom. The molecule has 1 spiro atoms. The molecule has 4 rings (SSSR count). The summed E-state index contributed by atoms with van der Waals surface area (Å²) in [6.45, 7) is 5.70. The third kappa shape index (κ3) is 3.26. The van der Waals surface area contributed by atoms with Gasteiger partial charge in [-0.3, -0.25) is 15.0 Å². The Kier molecular flexibility index (Phi) is 4.79. The second-order valence-electron chi connectivity index (χ2n) is 7.17. The third-order valence-electron chi connectivity index (χ3n) is 5.11. The predicted molar refractivity (Wildman–Crippen MR) is 108 cm³/mol. The Labute approximate surface area is 169 Å². The number of nitrogens with zero attached hydrogens (tertiary/aromatic N) is 2. The zero-order valence-corrected chi connectivity index (χ0v) is 16.8. The Morgan fingerprint density at radius 3 is 2.41 bits per heavy atom. The molecule has 0 aliphatic carbocycles. The lowest BCUT2D eigenvalue weighted by molar-refractivity contribution is -0.387. The van der Waals surface area contributed by atoms with Gasteiger partial charge in [-0.25, -0.2) is 9.59 Å². The first kappa shape index (κ1) is 19.4. The molecule has 152 valence electrons. The Bertz CT molecular complexity index is 990. The van der Waals surface area contributed by atoms with Crippen molar-refractivity contribution in [3.05, 3.63) is 62.6 Å². The van der Waals surface area contributed by atoms with Crippen LogP contribution >= 0.6 is 10.6 Å². The van der Waals surface area contributed by atoms with Crippen molar-refractivity contribution in [3.63, 3.8) is 0 Å². The smallest absolute Gasteiger partial charge is 0.331 e. The Morgan fingerprint density at radius 1 is 1.17 bits per heavy atom. The highest BCUT2D eigenvalue weighted by atomic mass is 32.3. The number of allylic oxidation sites excluding steroid dienone is 1. The van der Waals surface area contributed by atoms with Crippen molar-refractivity contribution in [2.24, 2.45) is 0 Å². The summed E-state index contributed by atoms with van der Waals surface area (Å²) in [6, 6.07) is 4.98. The molecule has 1 aromatic carbocycles. The predicted octanol–water partition coefficient (Wildman–Crippen LogP) is 3.64. The van der Waals surface area contributed by atoms with Crippen LogP contribution in [0.15, 0.2) is 51.8 Å². The fourth-order valence-electron chi connectivity index (χ4n) is 3.68. The number of nitro groups is 1. The molecule has 0 radical (unpaired) electrons. The number of hydrogen-bond donors (Lipinski definition) is 0. The van der Waals surface area contributed by atoms with Crippen LogP contribution < -0.4 is 0 Å². The summed E-state index contributed by atoms with van der Waals surface area (Å²) in [5.41, 5.74) is 1.18. The van der Waals surface area contributed by atoms with Gasteiger partial charge in [0.15, 0.2) is 4.90 Å². The van der Waals surface area contributed by atoms with Gasteiger partial charge in [-0.05, 0) is 42.5 Å². The Balaban J connectivity index is 1.87. The number of hydrogen-bond acceptors (Lipinski definition) is 7. The summed E-state index contributed by atoms with van der Waals surface area (Å²) in [5.74, 6) is -1.52. The molecule has 0 fully saturated rings. The minimum Gasteiger partial charge on any atom is -0.331 e. The standard InChI is InChI=1S/C20H20N2O6S/c1-13(2)21-10-8-14(9-11-21)17-12-15-4-3-5-16(22(25)26)20(15)29(17)27-18(23)6-7-19(24)28-29/h3-8,12-13H,9-11H2,1-2H3. The first-order chi connectivity index (χ1) is 13.8. The summed E-state index contributed by atoms with van der Waals surface area (Å²) in [7, 11) is -3.14. The molecule has 8 nitrogen and oxygen atoms in total. The summed E-state index contributed by atoms with van der Waals surface area (Å²) in [6.07, 6.45) is 6.40. The van der Waals surface area contributed by atoms with E-state index in [0.717, 1.165) is 24.3 Å². The van der Waals surface area contributed by atoms with Gasteiger partial charge in [0.1, 0.15) is 0 Å². The van der Waals surface area contributed by atoms with Crippen molar-refractivity contribution in [1.29, 1.82) is 0 Å². The van der Waals surface area contributed by atoms with Crippen molar-refractivity contribution in [1.82, 2.24) is 4.90 Å². The van der Waals surface area contributed by atoms with Crippen LogP contribution in [0, 0.1) is 10.1 Å². The molecule has 0 atom stereocenters. The summed E-state index contributed by atoms with van der Waals surface area (Å²) < 4.78 is 11.4. The number of carbonyl (C=O) groups is 2. The number of nitro benzene ring substituents is 1. The fourth-order valence-corrected chi connectivity index (χ4v) is 6.52. The highest BCUT2D eigenvalue weighted by Crippen LogP contribution is 2.73. The molecule has 0 amide bonds. The van der Waals surface area contributed by atoms with E-state index in [1.807, 2.05) is 6.08 Å². The van der Waals surface area contributed by atoms with Crippen molar-refractivity contribution in [3.8, 4) is 0 Å². The van der Waals surface area contributed by atoms with Crippen molar-refractivity contribution < 1.29 is 22.9 Å². The topological polar surface area (TPSA) is 99.0 Å². The van der Waals surface area contributed by atoms with Gasteiger partial charge in [-0.1, -0.05) is 18.2 Å². The lowest BCUT2D eigenvalue weighted by Crippen LogP contribution is -2.35. The quantitative estimate of drug-likeness (QED) is 0.548. The zero-order valence-electron chi connectivity index (χ0n) is 16.0. The lowest BCUT2D eigenvalue weighted by atomic mass is 10.0. The van der Waals surface area contributed by atoms with E-state index in [-0.39, 0.29) is 10.6 Å². The molecule has 0 bridgehead atoms. The third-order valence-corrected chi connectivity index (χ3v) is 7.85. The van der Waals surface area contributed by atoms with E-state index < -0.39 is 27.5 Å². The van der Waals surface area contributed by atoms with E-state index in [9.17, 15) is 19.7 Å². The van der Waals surface area contributed by atoms with Crippen LogP contribution in [0.1, 0.15) is 25.8 Å². The highest BCUT2D eigenvalue weighted by molar-refractivity contribution is 8.30. The molecule has 3 aliphatic heterocycles. The molecule has 3 heterocycles. The van der Waals surface area contributed by atoms with Crippen LogP contribution in [0.5, 0.6) is 0 Å². The summed E-state index contributed by atoms with van der Waals surface area (Å²) in [5, 5.41) is 11.7. The molecule has 0 saturated heterocycles. The average Bonchev–Trinajstić information content (AvgIpc) is 2.90.